The van der Waals surface area contributed by atoms with Crippen LogP contribution in [-0.4, -0.2) is 33.4 Å². The molecule has 0 unspecified atom stereocenters. The molecule has 0 aliphatic carbocycles. The van der Waals surface area contributed by atoms with Crippen LogP contribution < -0.4 is 5.32 Å². The third-order valence-electron chi connectivity index (χ3n) is 2.41. The van der Waals surface area contributed by atoms with Crippen LogP contribution in [-0.2, 0) is 0 Å². The van der Waals surface area contributed by atoms with Crippen LogP contribution in [0.15, 0.2) is 0 Å². The highest BCUT2D eigenvalue weighted by Crippen LogP contribution is 2.28. The predicted molar refractivity (Wildman–Crippen MR) is 73.0 cm³/mol. The fraction of sp³-hybridized carbons (Fsp3) is 0.444. The normalized spacial score (nSPS) is 15.4. The van der Waals surface area contributed by atoms with E-state index < -0.39 is 0 Å². The van der Waals surface area contributed by atoms with Crippen molar-refractivity contribution < 1.29 is 4.79 Å². The molecule has 0 bridgehead atoms. The Bertz CT molecular complexity index is 463. The van der Waals surface area contributed by atoms with E-state index in [1.807, 2.05) is 4.90 Å². The average Bonchev–Trinajstić information content (AvgIpc) is 2.84. The summed E-state index contributed by atoms with van der Waals surface area (Å²) in [6.07, 6.45) is 1.96. The summed E-state index contributed by atoms with van der Waals surface area (Å²) in [7, 11) is 0. The number of likely N-dealkylation sites (tertiary alicyclic amines) is 1. The van der Waals surface area contributed by atoms with Crippen molar-refractivity contribution in [1.82, 2.24) is 14.6 Å². The Labute approximate surface area is 118 Å². The molecular formula is C9H9Cl2N3OS2. The van der Waals surface area contributed by atoms with Crippen LogP contribution in [0.5, 0.6) is 0 Å². The summed E-state index contributed by atoms with van der Waals surface area (Å²) in [5.74, 6) is -0.269. The van der Waals surface area contributed by atoms with E-state index in [0.717, 1.165) is 35.9 Å². The Balaban J connectivity index is 1.93. The van der Waals surface area contributed by atoms with E-state index in [2.05, 4.69) is 9.69 Å². The van der Waals surface area contributed by atoms with Gasteiger partial charge in [0.1, 0.15) is 9.90 Å². The number of halogens is 2. The molecule has 0 radical (unpaired) electrons. The van der Waals surface area contributed by atoms with Crippen LogP contribution in [0.4, 0.5) is 0 Å². The Morgan fingerprint density at radius 1 is 1.59 bits per heavy atom. The van der Waals surface area contributed by atoms with Crippen molar-refractivity contribution in [2.24, 2.45) is 0 Å². The van der Waals surface area contributed by atoms with Crippen LogP contribution >= 0.6 is 47.0 Å². The first-order valence-corrected chi connectivity index (χ1v) is 6.90. The summed E-state index contributed by atoms with van der Waals surface area (Å²) in [5.41, 5.74) is 0. The molecule has 92 valence electrons. The molecule has 0 atom stereocenters. The monoisotopic (exact) mass is 309 g/mol. The molecule has 1 aromatic heterocycles. The molecule has 0 aromatic carbocycles. The molecule has 2 heterocycles. The summed E-state index contributed by atoms with van der Waals surface area (Å²) in [5, 5.41) is 3.12. The van der Waals surface area contributed by atoms with Crippen LogP contribution in [0.25, 0.3) is 0 Å². The Morgan fingerprint density at radius 2 is 2.35 bits per heavy atom. The number of amides is 1. The fourth-order valence-corrected chi connectivity index (χ4v) is 2.95. The Morgan fingerprint density at radius 3 is 2.88 bits per heavy atom. The van der Waals surface area contributed by atoms with E-state index in [4.69, 9.17) is 35.4 Å². The number of nitrogens with one attached hydrogen (secondary N) is 1. The standard InChI is InChI=1S/C9H9Cl2N3OS2/c10-6-7(17-13-8(6)11)9(15)12-4-14-3-1-2-5(14)16/h1-4H2,(H,12,15). The lowest BCUT2D eigenvalue weighted by Gasteiger charge is -2.17. The number of hydrogen-bond acceptors (Lipinski definition) is 4. The van der Waals surface area contributed by atoms with Gasteiger partial charge in [0.05, 0.1) is 11.7 Å². The molecule has 1 N–H and O–H groups in total. The van der Waals surface area contributed by atoms with E-state index in [0.29, 0.717) is 11.5 Å². The zero-order valence-corrected chi connectivity index (χ0v) is 11.8. The summed E-state index contributed by atoms with van der Waals surface area (Å²) in [6, 6.07) is 0. The summed E-state index contributed by atoms with van der Waals surface area (Å²) < 4.78 is 3.81. The molecule has 1 amide bonds. The van der Waals surface area contributed by atoms with Crippen molar-refractivity contribution in [3.05, 3.63) is 15.1 Å². The zero-order chi connectivity index (χ0) is 12.4. The van der Waals surface area contributed by atoms with E-state index in [-0.39, 0.29) is 16.1 Å². The number of hydrogen-bond donors (Lipinski definition) is 1. The van der Waals surface area contributed by atoms with Gasteiger partial charge in [-0.2, -0.15) is 4.37 Å². The Kier molecular flexibility index (Phi) is 4.19. The van der Waals surface area contributed by atoms with E-state index in [9.17, 15) is 4.79 Å². The van der Waals surface area contributed by atoms with E-state index in [1.54, 1.807) is 0 Å². The average molecular weight is 310 g/mol. The lowest BCUT2D eigenvalue weighted by atomic mass is 10.4. The maximum Gasteiger partial charge on any atom is 0.265 e. The maximum absolute atomic E-state index is 11.8. The second-order valence-corrected chi connectivity index (χ2v) is 5.52. The number of carbonyl (C=O) groups is 1. The van der Waals surface area contributed by atoms with Crippen molar-refractivity contribution >= 4 is 57.8 Å². The molecule has 1 aromatic rings. The first kappa shape index (κ1) is 13.0. The van der Waals surface area contributed by atoms with Gasteiger partial charge in [0.2, 0.25) is 0 Å². The quantitative estimate of drug-likeness (QED) is 0.872. The van der Waals surface area contributed by atoms with Gasteiger partial charge in [-0.1, -0.05) is 35.4 Å². The zero-order valence-electron chi connectivity index (χ0n) is 8.70. The third kappa shape index (κ3) is 2.88. The smallest absolute Gasteiger partial charge is 0.265 e. The van der Waals surface area contributed by atoms with Crippen LogP contribution in [0, 0.1) is 0 Å². The van der Waals surface area contributed by atoms with Crippen molar-refractivity contribution in [1.29, 1.82) is 0 Å². The largest absolute Gasteiger partial charge is 0.349 e. The molecule has 8 heteroatoms. The minimum absolute atomic E-state index is 0.165. The summed E-state index contributed by atoms with van der Waals surface area (Å²) >= 11 is 17.7. The van der Waals surface area contributed by atoms with Gasteiger partial charge in [-0.3, -0.25) is 4.79 Å². The lowest BCUT2D eigenvalue weighted by molar-refractivity contribution is 0.0944. The third-order valence-corrected chi connectivity index (χ3v) is 4.66. The minimum atomic E-state index is -0.269. The van der Waals surface area contributed by atoms with Gasteiger partial charge in [0.25, 0.3) is 5.91 Å². The van der Waals surface area contributed by atoms with Crippen LogP contribution in [0.1, 0.15) is 22.5 Å². The number of nitrogens with zero attached hydrogens (tertiary/aromatic N) is 2. The maximum atomic E-state index is 11.8. The number of rotatable bonds is 3. The molecule has 1 aliphatic heterocycles. The first-order valence-electron chi connectivity index (χ1n) is 4.96. The molecule has 17 heavy (non-hydrogen) atoms. The van der Waals surface area contributed by atoms with Gasteiger partial charge in [-0.15, -0.1) is 0 Å². The number of thiocarbonyl (C=S) groups is 1. The summed E-state index contributed by atoms with van der Waals surface area (Å²) in [4.78, 5) is 15.0. The van der Waals surface area contributed by atoms with Gasteiger partial charge in [-0.05, 0) is 24.4 Å². The molecule has 0 spiro atoms. The molecular weight excluding hydrogens is 301 g/mol. The second kappa shape index (κ2) is 5.48. The first-order chi connectivity index (χ1) is 8.09. The van der Waals surface area contributed by atoms with E-state index >= 15 is 0 Å². The molecule has 1 fully saturated rings. The van der Waals surface area contributed by atoms with Gasteiger partial charge in [-0.25, -0.2) is 0 Å². The van der Waals surface area contributed by atoms with Gasteiger partial charge >= 0.3 is 0 Å². The van der Waals surface area contributed by atoms with Crippen LogP contribution in [0.2, 0.25) is 10.2 Å². The van der Waals surface area contributed by atoms with Gasteiger partial charge in [0, 0.05) is 6.54 Å². The topological polar surface area (TPSA) is 45.2 Å². The predicted octanol–water partition coefficient (Wildman–Crippen LogP) is 2.56. The summed E-state index contributed by atoms with van der Waals surface area (Å²) in [6.45, 7) is 1.29. The molecule has 1 saturated heterocycles. The number of aromatic nitrogens is 1. The lowest BCUT2D eigenvalue weighted by Crippen LogP contribution is -2.37. The van der Waals surface area contributed by atoms with Crippen molar-refractivity contribution in [2.45, 2.75) is 12.8 Å². The second-order valence-electron chi connectivity index (χ2n) is 3.54. The minimum Gasteiger partial charge on any atom is -0.349 e. The van der Waals surface area contributed by atoms with Gasteiger partial charge < -0.3 is 10.2 Å². The molecule has 0 saturated carbocycles. The molecule has 2 rings (SSSR count). The van der Waals surface area contributed by atoms with E-state index in [1.165, 1.54) is 0 Å². The van der Waals surface area contributed by atoms with Crippen LogP contribution in [0.3, 0.4) is 0 Å². The highest BCUT2D eigenvalue weighted by Gasteiger charge is 2.20. The van der Waals surface area contributed by atoms with Crippen molar-refractivity contribution in [3.63, 3.8) is 0 Å². The van der Waals surface area contributed by atoms with Gasteiger partial charge in [0.15, 0.2) is 5.15 Å². The molecule has 1 aliphatic rings. The fourth-order valence-electron chi connectivity index (χ4n) is 1.52. The van der Waals surface area contributed by atoms with Crippen molar-refractivity contribution in [2.75, 3.05) is 13.2 Å². The highest BCUT2D eigenvalue weighted by atomic mass is 35.5. The highest BCUT2D eigenvalue weighted by molar-refractivity contribution is 7.80. The Hall–Kier alpha value is -0.430. The SMILES string of the molecule is O=C(NCN1CCCC1=S)c1snc(Cl)c1Cl. The number of carbonyl (C=O) groups excluding carboxylic acids is 1. The van der Waals surface area contributed by atoms with Crippen molar-refractivity contribution in [3.8, 4) is 0 Å². The molecule has 4 nitrogen and oxygen atoms in total.